The molecule has 0 saturated heterocycles. The minimum absolute atomic E-state index is 0.0984. The van der Waals surface area contributed by atoms with Gasteiger partial charge in [-0.3, -0.25) is 14.4 Å². The second kappa shape index (κ2) is 11.2. The summed E-state index contributed by atoms with van der Waals surface area (Å²) < 4.78 is 9.74. The zero-order chi connectivity index (χ0) is 21.1. The number of ether oxygens (including phenoxy) is 2. The Balaban J connectivity index is 1.68. The van der Waals surface area contributed by atoms with Crippen LogP contribution in [0.5, 0.6) is 0 Å². The van der Waals surface area contributed by atoms with Crippen LogP contribution in [0.25, 0.3) is 0 Å². The molecule has 2 N–H and O–H groups in total. The molecule has 0 aromatic heterocycles. The number of anilines is 2. The lowest BCUT2D eigenvalue weighted by atomic mass is 10.2. The van der Waals surface area contributed by atoms with Crippen molar-refractivity contribution in [3.05, 3.63) is 60.2 Å². The van der Waals surface area contributed by atoms with Gasteiger partial charge in [-0.25, -0.2) is 4.79 Å². The van der Waals surface area contributed by atoms with Gasteiger partial charge in [0.25, 0.3) is 5.91 Å². The number of benzene rings is 2. The number of hydrogen-bond acceptors (Lipinski definition) is 6. The Morgan fingerprint density at radius 3 is 2.03 bits per heavy atom. The number of carbonyl (C=O) groups excluding carboxylic acids is 4. The first-order valence-electron chi connectivity index (χ1n) is 9.05. The number of para-hydroxylation sites is 1. The van der Waals surface area contributed by atoms with Crippen LogP contribution in [0.4, 0.5) is 11.4 Å². The molecule has 152 valence electrons. The lowest BCUT2D eigenvalue weighted by Gasteiger charge is -2.08. The smallest absolute Gasteiger partial charge is 0.338 e. The standard InChI is InChI=1S/C21H22N2O6/c1-2-28-21(27)15-8-10-17(11-9-15)22-18(24)12-13-20(26)29-14-19(25)23-16-6-4-3-5-7-16/h3-11H,2,12-14H2,1H3,(H,22,24)(H,23,25). The molecular formula is C21H22N2O6. The second-order valence-corrected chi connectivity index (χ2v) is 5.92. The summed E-state index contributed by atoms with van der Waals surface area (Å²) in [6, 6.07) is 15.0. The van der Waals surface area contributed by atoms with E-state index in [1.165, 1.54) is 12.1 Å². The van der Waals surface area contributed by atoms with E-state index in [2.05, 4.69) is 10.6 Å². The lowest BCUT2D eigenvalue weighted by Crippen LogP contribution is -2.21. The lowest BCUT2D eigenvalue weighted by molar-refractivity contribution is -0.147. The summed E-state index contributed by atoms with van der Waals surface area (Å²) in [5.41, 5.74) is 1.46. The van der Waals surface area contributed by atoms with Crippen molar-refractivity contribution in [3.63, 3.8) is 0 Å². The fourth-order valence-electron chi connectivity index (χ4n) is 2.28. The maximum absolute atomic E-state index is 11.9. The van der Waals surface area contributed by atoms with Crippen LogP contribution in [0.15, 0.2) is 54.6 Å². The Morgan fingerprint density at radius 2 is 1.38 bits per heavy atom. The molecule has 0 radical (unpaired) electrons. The van der Waals surface area contributed by atoms with E-state index in [1.54, 1.807) is 43.3 Å². The molecule has 2 rings (SSSR count). The molecular weight excluding hydrogens is 376 g/mol. The summed E-state index contributed by atoms with van der Waals surface area (Å²) in [7, 11) is 0. The summed E-state index contributed by atoms with van der Waals surface area (Å²) in [6.45, 7) is 1.57. The van der Waals surface area contributed by atoms with E-state index in [9.17, 15) is 19.2 Å². The predicted molar refractivity (Wildman–Crippen MR) is 106 cm³/mol. The third-order valence-electron chi connectivity index (χ3n) is 3.66. The van der Waals surface area contributed by atoms with Gasteiger partial charge < -0.3 is 20.1 Å². The van der Waals surface area contributed by atoms with Crippen LogP contribution in [0, 0.1) is 0 Å². The van der Waals surface area contributed by atoms with Gasteiger partial charge in [0.05, 0.1) is 18.6 Å². The van der Waals surface area contributed by atoms with Gasteiger partial charge in [-0.15, -0.1) is 0 Å². The summed E-state index contributed by atoms with van der Waals surface area (Å²) >= 11 is 0. The van der Waals surface area contributed by atoms with Crippen molar-refractivity contribution < 1.29 is 28.7 Å². The van der Waals surface area contributed by atoms with Crippen LogP contribution >= 0.6 is 0 Å². The predicted octanol–water partition coefficient (Wildman–Crippen LogP) is 2.76. The average Bonchev–Trinajstić information content (AvgIpc) is 2.72. The highest BCUT2D eigenvalue weighted by Gasteiger charge is 2.12. The third-order valence-corrected chi connectivity index (χ3v) is 3.66. The van der Waals surface area contributed by atoms with Crippen molar-refractivity contribution >= 4 is 35.1 Å². The Morgan fingerprint density at radius 1 is 0.759 bits per heavy atom. The van der Waals surface area contributed by atoms with Crippen molar-refractivity contribution in [3.8, 4) is 0 Å². The molecule has 2 amide bonds. The molecule has 0 spiro atoms. The second-order valence-electron chi connectivity index (χ2n) is 5.92. The van der Waals surface area contributed by atoms with Crippen LogP contribution in [0.1, 0.15) is 30.1 Å². The first-order valence-corrected chi connectivity index (χ1v) is 9.05. The molecule has 8 heteroatoms. The number of carbonyl (C=O) groups is 4. The number of amides is 2. The maximum atomic E-state index is 11.9. The highest BCUT2D eigenvalue weighted by molar-refractivity contribution is 5.95. The Labute approximate surface area is 168 Å². The summed E-state index contributed by atoms with van der Waals surface area (Å²) in [6.07, 6.45) is -0.260. The van der Waals surface area contributed by atoms with Crippen LogP contribution in [0.2, 0.25) is 0 Å². The molecule has 0 bridgehead atoms. The van der Waals surface area contributed by atoms with Gasteiger partial charge in [0.2, 0.25) is 5.91 Å². The summed E-state index contributed by atoms with van der Waals surface area (Å²) in [4.78, 5) is 46.9. The molecule has 2 aromatic carbocycles. The number of nitrogens with one attached hydrogen (secondary N) is 2. The summed E-state index contributed by atoms with van der Waals surface area (Å²) in [5.74, 6) is -1.94. The van der Waals surface area contributed by atoms with E-state index in [-0.39, 0.29) is 25.4 Å². The zero-order valence-corrected chi connectivity index (χ0v) is 16.0. The van der Waals surface area contributed by atoms with Gasteiger partial charge in [-0.2, -0.15) is 0 Å². The van der Waals surface area contributed by atoms with E-state index in [0.29, 0.717) is 16.9 Å². The highest BCUT2D eigenvalue weighted by atomic mass is 16.5. The largest absolute Gasteiger partial charge is 0.462 e. The van der Waals surface area contributed by atoms with Gasteiger partial charge in [0.1, 0.15) is 0 Å². The van der Waals surface area contributed by atoms with E-state index < -0.39 is 24.5 Å². The molecule has 0 saturated carbocycles. The Hall–Kier alpha value is -3.68. The van der Waals surface area contributed by atoms with Gasteiger partial charge in [-0.1, -0.05) is 18.2 Å². The van der Waals surface area contributed by atoms with Crippen molar-refractivity contribution in [1.82, 2.24) is 0 Å². The van der Waals surface area contributed by atoms with Crippen LogP contribution in [-0.4, -0.2) is 37.0 Å². The molecule has 29 heavy (non-hydrogen) atoms. The monoisotopic (exact) mass is 398 g/mol. The van der Waals surface area contributed by atoms with E-state index in [4.69, 9.17) is 9.47 Å². The third kappa shape index (κ3) is 7.84. The molecule has 0 fully saturated rings. The first-order chi connectivity index (χ1) is 14.0. The van der Waals surface area contributed by atoms with Gasteiger partial charge in [-0.05, 0) is 43.3 Å². The Kier molecular flexibility index (Phi) is 8.37. The van der Waals surface area contributed by atoms with Gasteiger partial charge >= 0.3 is 11.9 Å². The molecule has 0 aliphatic rings. The van der Waals surface area contributed by atoms with Gasteiger partial charge in [0, 0.05) is 17.8 Å². The molecule has 0 unspecified atom stereocenters. The topological polar surface area (TPSA) is 111 Å². The minimum Gasteiger partial charge on any atom is -0.462 e. The van der Waals surface area contributed by atoms with Crippen LogP contribution < -0.4 is 10.6 Å². The number of esters is 2. The van der Waals surface area contributed by atoms with Gasteiger partial charge in [0.15, 0.2) is 6.61 Å². The number of hydrogen-bond donors (Lipinski definition) is 2. The van der Waals surface area contributed by atoms with Crippen molar-refractivity contribution in [2.75, 3.05) is 23.8 Å². The minimum atomic E-state index is -0.652. The highest BCUT2D eigenvalue weighted by Crippen LogP contribution is 2.11. The van der Waals surface area contributed by atoms with Crippen LogP contribution in [0.3, 0.4) is 0 Å². The fourth-order valence-corrected chi connectivity index (χ4v) is 2.28. The molecule has 0 aliphatic heterocycles. The first kappa shape index (κ1) is 21.6. The number of rotatable bonds is 9. The molecule has 0 atom stereocenters. The van der Waals surface area contributed by atoms with E-state index >= 15 is 0 Å². The normalized spacial score (nSPS) is 9.97. The fraction of sp³-hybridized carbons (Fsp3) is 0.238. The average molecular weight is 398 g/mol. The summed E-state index contributed by atoms with van der Waals surface area (Å²) in [5, 5.41) is 5.20. The zero-order valence-electron chi connectivity index (χ0n) is 16.0. The van der Waals surface area contributed by atoms with Crippen molar-refractivity contribution in [1.29, 1.82) is 0 Å². The molecule has 0 aliphatic carbocycles. The SMILES string of the molecule is CCOC(=O)c1ccc(NC(=O)CCC(=O)OCC(=O)Nc2ccccc2)cc1. The Bertz CT molecular complexity index is 849. The van der Waals surface area contributed by atoms with E-state index in [0.717, 1.165) is 0 Å². The molecule has 8 nitrogen and oxygen atoms in total. The maximum Gasteiger partial charge on any atom is 0.338 e. The molecule has 2 aromatic rings. The molecule has 0 heterocycles. The van der Waals surface area contributed by atoms with Crippen molar-refractivity contribution in [2.45, 2.75) is 19.8 Å². The quantitative estimate of drug-likeness (QED) is 0.629. The van der Waals surface area contributed by atoms with Crippen molar-refractivity contribution in [2.24, 2.45) is 0 Å². The van der Waals surface area contributed by atoms with E-state index in [1.807, 2.05) is 6.07 Å². The van der Waals surface area contributed by atoms with Crippen LogP contribution in [-0.2, 0) is 23.9 Å².